The van der Waals surface area contributed by atoms with Gasteiger partial charge in [-0.15, -0.1) is 0 Å². The fourth-order valence-electron chi connectivity index (χ4n) is 9.23. The van der Waals surface area contributed by atoms with E-state index >= 15 is 0 Å². The van der Waals surface area contributed by atoms with Crippen molar-refractivity contribution in [2.24, 2.45) is 10.8 Å². The molecule has 2 saturated carbocycles. The second-order valence-electron chi connectivity index (χ2n) is 20.5. The smallest absolute Gasteiger partial charge is 0.458 e. The summed E-state index contributed by atoms with van der Waals surface area (Å²) < 4.78 is 57.2. The molecule has 26 heteroatoms. The molecule has 4 unspecified atom stereocenters. The Labute approximate surface area is 451 Å². The first-order valence-corrected chi connectivity index (χ1v) is 24.2. The summed E-state index contributed by atoms with van der Waals surface area (Å²) in [7, 11) is 0. The lowest BCUT2D eigenvalue weighted by atomic mass is 9.66. The summed E-state index contributed by atoms with van der Waals surface area (Å²) in [6.45, 7) is 24.8. The van der Waals surface area contributed by atoms with Gasteiger partial charge in [-0.3, -0.25) is 4.79 Å². The first-order valence-electron chi connectivity index (χ1n) is 24.2. The number of hydrogen-bond acceptors (Lipinski definition) is 22. The fraction of sp³-hybridized carbons (Fsp3) is 0.558. The molecule has 0 aromatic heterocycles. The summed E-state index contributed by atoms with van der Waals surface area (Å²) in [6.07, 6.45) is 2.58. The van der Waals surface area contributed by atoms with Crippen LogP contribution in [0.1, 0.15) is 80.1 Å². The third kappa shape index (κ3) is 24.2. The number of hydrogen-bond donors (Lipinski definition) is 4. The van der Waals surface area contributed by atoms with Crippen LogP contribution in [0.15, 0.2) is 75.9 Å². The van der Waals surface area contributed by atoms with E-state index in [1.807, 2.05) is 27.7 Å². The van der Waals surface area contributed by atoms with Gasteiger partial charge in [-0.1, -0.05) is 67.2 Å². The molecule has 2 fully saturated rings. The van der Waals surface area contributed by atoms with E-state index in [1.54, 1.807) is 13.8 Å². The van der Waals surface area contributed by atoms with E-state index < -0.39 is 171 Å². The molecule has 2 aliphatic carbocycles. The zero-order chi connectivity index (χ0) is 59.0. The zero-order valence-electron chi connectivity index (χ0n) is 44.9. The number of carbonyl (C=O) groups is 11. The molecule has 4 atom stereocenters. The predicted octanol–water partition coefficient (Wildman–Crippen LogP) is 3.96. The average molecular weight is 1110 g/mol. The standard InChI is InChI=1S/C52H72N4O22/c1-13-37(58)71-28-51(29-72-38(59)14-2,30-73-39(60)15-3)77-44(65)54-35-22-47(7,8)26-49(11,23-35)55-36(57)25-70-46(67)69-20-19-68-43(64)53-34-21-48(9,10)27-50(12,24-34)56-45(66)78-52(31-74-40(61)16-4,32-75-41(62)17-5)33-76-42(63)18-6/h13-18,34-35H,1-6,19-33H2,7-12H3,(H,53,64)(H,54,65)(H,55,57)(H,56,66). The van der Waals surface area contributed by atoms with Crippen LogP contribution in [-0.4, -0.2) is 160 Å². The van der Waals surface area contributed by atoms with Gasteiger partial charge in [0, 0.05) is 59.6 Å². The molecule has 0 aromatic rings. The maximum Gasteiger partial charge on any atom is 0.508 e. The van der Waals surface area contributed by atoms with E-state index in [0.717, 1.165) is 36.5 Å². The lowest BCUT2D eigenvalue weighted by molar-refractivity contribution is -0.171. The number of amides is 4. The Balaban J connectivity index is 2.01. The fourth-order valence-corrected chi connectivity index (χ4v) is 9.23. The molecule has 0 spiro atoms. The van der Waals surface area contributed by atoms with Crippen molar-refractivity contribution in [1.82, 2.24) is 21.3 Å². The van der Waals surface area contributed by atoms with Gasteiger partial charge in [0.2, 0.25) is 11.2 Å². The molecule has 0 radical (unpaired) electrons. The monoisotopic (exact) mass is 1100 g/mol. The second-order valence-corrected chi connectivity index (χ2v) is 20.5. The molecular weight excluding hydrogens is 1030 g/mol. The Morgan fingerprint density at radius 1 is 0.423 bits per heavy atom. The van der Waals surface area contributed by atoms with Gasteiger partial charge in [-0.25, -0.2) is 47.9 Å². The lowest BCUT2D eigenvalue weighted by Crippen LogP contribution is -2.59. The Kier molecular flexibility index (Phi) is 25.3. The molecule has 0 aliphatic heterocycles. The van der Waals surface area contributed by atoms with Crippen LogP contribution in [0.25, 0.3) is 0 Å². The van der Waals surface area contributed by atoms with Crippen LogP contribution in [0.2, 0.25) is 0 Å². The number of alkyl carbamates (subject to hydrolysis) is 3. The molecule has 0 bridgehead atoms. The van der Waals surface area contributed by atoms with Crippen molar-refractivity contribution in [3.8, 4) is 0 Å². The summed E-state index contributed by atoms with van der Waals surface area (Å²) in [5.74, 6) is -6.28. The summed E-state index contributed by atoms with van der Waals surface area (Å²) in [5, 5.41) is 11.0. The minimum Gasteiger partial charge on any atom is -0.458 e. The molecule has 2 rings (SSSR count). The minimum atomic E-state index is -2.05. The molecule has 0 heterocycles. The quantitative estimate of drug-likeness (QED) is 0.0356. The van der Waals surface area contributed by atoms with Gasteiger partial charge < -0.3 is 73.4 Å². The van der Waals surface area contributed by atoms with Crippen molar-refractivity contribution in [3.05, 3.63) is 75.9 Å². The number of nitrogens with one attached hydrogen (secondary N) is 4. The zero-order valence-corrected chi connectivity index (χ0v) is 44.9. The maximum absolute atomic E-state index is 13.6. The molecular formula is C52H72N4O22. The van der Waals surface area contributed by atoms with Gasteiger partial charge in [-0.2, -0.15) is 0 Å². The Bertz CT molecular complexity index is 2170. The van der Waals surface area contributed by atoms with Crippen LogP contribution in [0.4, 0.5) is 19.2 Å². The predicted molar refractivity (Wildman–Crippen MR) is 271 cm³/mol. The van der Waals surface area contributed by atoms with Gasteiger partial charge in [0.25, 0.3) is 5.91 Å². The summed E-state index contributed by atoms with van der Waals surface area (Å²) in [5.41, 5.74) is -7.16. The van der Waals surface area contributed by atoms with Crippen LogP contribution >= 0.6 is 0 Å². The van der Waals surface area contributed by atoms with Crippen LogP contribution < -0.4 is 21.3 Å². The van der Waals surface area contributed by atoms with E-state index in [1.165, 1.54) is 0 Å². The highest BCUT2D eigenvalue weighted by atomic mass is 16.7. The van der Waals surface area contributed by atoms with Gasteiger partial charge in [0.15, 0.2) is 6.61 Å². The van der Waals surface area contributed by atoms with Crippen molar-refractivity contribution in [1.29, 1.82) is 0 Å². The SMILES string of the molecule is C=CC(=O)OCC(COC(=O)C=C)(COC(=O)C=C)OC(=O)NC1CC(C)(C)CC(C)(NC(=O)COC(=O)OCCOC(=O)NC2CC(C)(C)CC(C)(NC(=O)OC(COC(=O)C=C)(COC(=O)C=C)COC(=O)C=C)C2)C1. The van der Waals surface area contributed by atoms with Crippen molar-refractivity contribution in [3.63, 3.8) is 0 Å². The van der Waals surface area contributed by atoms with E-state index in [9.17, 15) is 52.7 Å². The first-order chi connectivity index (χ1) is 36.4. The van der Waals surface area contributed by atoms with E-state index in [2.05, 4.69) is 60.7 Å². The van der Waals surface area contributed by atoms with E-state index in [4.69, 9.17) is 52.1 Å². The number of rotatable bonds is 29. The van der Waals surface area contributed by atoms with Gasteiger partial charge >= 0.3 is 60.3 Å². The van der Waals surface area contributed by atoms with Gasteiger partial charge in [0.1, 0.15) is 52.9 Å². The molecule has 2 aliphatic rings. The third-order valence-electron chi connectivity index (χ3n) is 11.6. The van der Waals surface area contributed by atoms with Crippen molar-refractivity contribution >= 4 is 66.2 Å². The summed E-state index contributed by atoms with van der Waals surface area (Å²) >= 11 is 0. The van der Waals surface area contributed by atoms with E-state index in [0.29, 0.717) is 25.7 Å². The van der Waals surface area contributed by atoms with Crippen LogP contribution in [0.3, 0.4) is 0 Å². The molecule has 432 valence electrons. The van der Waals surface area contributed by atoms with Crippen molar-refractivity contribution < 1.29 is 105 Å². The van der Waals surface area contributed by atoms with Crippen LogP contribution in [-0.2, 0) is 85.7 Å². The topological polar surface area (TPSA) is 337 Å². The lowest BCUT2D eigenvalue weighted by Gasteiger charge is -2.47. The molecule has 4 N–H and O–H groups in total. The first kappa shape index (κ1) is 65.9. The van der Waals surface area contributed by atoms with E-state index in [-0.39, 0.29) is 12.8 Å². The maximum atomic E-state index is 13.6. The molecule has 0 saturated heterocycles. The minimum absolute atomic E-state index is 0.140. The Morgan fingerprint density at radius 2 is 0.744 bits per heavy atom. The normalized spacial score (nSPS) is 20.0. The van der Waals surface area contributed by atoms with Gasteiger partial charge in [0.05, 0.1) is 0 Å². The van der Waals surface area contributed by atoms with Gasteiger partial charge in [-0.05, 0) is 63.2 Å². The highest BCUT2D eigenvalue weighted by Crippen LogP contribution is 2.42. The second kappa shape index (κ2) is 29.9. The molecule has 78 heavy (non-hydrogen) atoms. The Hall–Kier alpha value is -8.19. The summed E-state index contributed by atoms with van der Waals surface area (Å²) in [6, 6.07) is -1.25. The average Bonchev–Trinajstić information content (AvgIpc) is 3.35. The number of ether oxygens (including phenoxy) is 11. The highest BCUT2D eigenvalue weighted by Gasteiger charge is 2.47. The van der Waals surface area contributed by atoms with Crippen molar-refractivity contribution in [2.75, 3.05) is 59.5 Å². The Morgan fingerprint density at radius 3 is 1.10 bits per heavy atom. The third-order valence-corrected chi connectivity index (χ3v) is 11.6. The largest absolute Gasteiger partial charge is 0.508 e. The molecule has 4 amide bonds. The highest BCUT2D eigenvalue weighted by molar-refractivity contribution is 5.84. The molecule has 26 nitrogen and oxygen atoms in total. The van der Waals surface area contributed by atoms with Crippen LogP contribution in [0.5, 0.6) is 0 Å². The number of carbonyl (C=O) groups excluding carboxylic acids is 11. The molecule has 0 aromatic carbocycles. The number of esters is 6. The van der Waals surface area contributed by atoms with Crippen LogP contribution in [0, 0.1) is 10.8 Å². The summed E-state index contributed by atoms with van der Waals surface area (Å²) in [4.78, 5) is 138. The van der Waals surface area contributed by atoms with Crippen molar-refractivity contribution in [2.45, 2.75) is 114 Å².